The maximum atomic E-state index is 11.7. The summed E-state index contributed by atoms with van der Waals surface area (Å²) in [4.78, 5) is 23.7. The van der Waals surface area contributed by atoms with Gasteiger partial charge in [-0.25, -0.2) is 4.79 Å². The quantitative estimate of drug-likeness (QED) is 0.582. The first kappa shape index (κ1) is 15.7. The maximum Gasteiger partial charge on any atom is 0.317 e. The number of carbonyl (C=O) groups is 2. The first-order chi connectivity index (χ1) is 8.01. The van der Waals surface area contributed by atoms with Crippen LogP contribution in [-0.4, -0.2) is 53.4 Å². The van der Waals surface area contributed by atoms with E-state index in [2.05, 4.69) is 5.32 Å². The number of nitrogens with one attached hydrogen (secondary N) is 1. The van der Waals surface area contributed by atoms with Crippen LogP contribution in [0.5, 0.6) is 0 Å². The van der Waals surface area contributed by atoms with E-state index in [9.17, 15) is 9.59 Å². The van der Waals surface area contributed by atoms with Crippen molar-refractivity contribution in [2.75, 3.05) is 26.2 Å². The fourth-order valence-electron chi connectivity index (χ4n) is 1.41. The molecule has 1 unspecified atom stereocenters. The van der Waals surface area contributed by atoms with E-state index in [0.29, 0.717) is 26.1 Å². The molecule has 2 amide bonds. The van der Waals surface area contributed by atoms with Crippen molar-refractivity contribution < 1.29 is 19.8 Å². The molecule has 0 radical (unpaired) electrons. The third-order valence-corrected chi connectivity index (χ3v) is 2.38. The molecular formula is C11H22N2O4. The molecule has 3 N–H and O–H groups in total. The minimum absolute atomic E-state index is 0.0447. The van der Waals surface area contributed by atoms with Gasteiger partial charge < -0.3 is 20.4 Å². The Bertz CT molecular complexity index is 246. The van der Waals surface area contributed by atoms with E-state index in [4.69, 9.17) is 10.2 Å². The highest BCUT2D eigenvalue weighted by atomic mass is 16.4. The molecule has 17 heavy (non-hydrogen) atoms. The van der Waals surface area contributed by atoms with Gasteiger partial charge in [-0.3, -0.25) is 4.79 Å². The summed E-state index contributed by atoms with van der Waals surface area (Å²) in [6.45, 7) is 5.11. The lowest BCUT2D eigenvalue weighted by molar-refractivity contribution is -0.137. The second-order valence-electron chi connectivity index (χ2n) is 4.05. The van der Waals surface area contributed by atoms with E-state index >= 15 is 0 Å². The summed E-state index contributed by atoms with van der Waals surface area (Å²) < 4.78 is 0. The van der Waals surface area contributed by atoms with Crippen LogP contribution in [-0.2, 0) is 4.79 Å². The lowest BCUT2D eigenvalue weighted by atomic mass is 10.1. The van der Waals surface area contributed by atoms with E-state index in [0.717, 1.165) is 0 Å². The van der Waals surface area contributed by atoms with Gasteiger partial charge in [-0.15, -0.1) is 0 Å². The molecule has 0 bridgehead atoms. The first-order valence-electron chi connectivity index (χ1n) is 5.86. The van der Waals surface area contributed by atoms with Gasteiger partial charge in [0, 0.05) is 32.7 Å². The molecule has 0 aromatic carbocycles. The summed E-state index contributed by atoms with van der Waals surface area (Å²) in [7, 11) is 0. The van der Waals surface area contributed by atoms with E-state index < -0.39 is 5.97 Å². The van der Waals surface area contributed by atoms with Crippen LogP contribution >= 0.6 is 0 Å². The Labute approximate surface area is 102 Å². The molecule has 0 aliphatic carbocycles. The summed E-state index contributed by atoms with van der Waals surface area (Å²) in [5, 5.41) is 19.9. The molecule has 0 aromatic rings. The second kappa shape index (κ2) is 8.81. The number of rotatable bonds is 8. The monoisotopic (exact) mass is 246 g/mol. The summed E-state index contributed by atoms with van der Waals surface area (Å²) in [5.74, 6) is -0.952. The average molecular weight is 246 g/mol. The Morgan fingerprint density at radius 3 is 2.53 bits per heavy atom. The van der Waals surface area contributed by atoms with Gasteiger partial charge in [-0.05, 0) is 19.3 Å². The zero-order valence-electron chi connectivity index (χ0n) is 10.5. The molecule has 0 saturated heterocycles. The van der Waals surface area contributed by atoms with E-state index in [1.54, 1.807) is 11.8 Å². The van der Waals surface area contributed by atoms with Crippen LogP contribution in [0.25, 0.3) is 0 Å². The van der Waals surface area contributed by atoms with Crippen LogP contribution in [0.1, 0.15) is 26.7 Å². The molecule has 100 valence electrons. The number of amides is 2. The van der Waals surface area contributed by atoms with Crippen LogP contribution in [0.15, 0.2) is 0 Å². The molecule has 0 fully saturated rings. The molecule has 0 aromatic heterocycles. The van der Waals surface area contributed by atoms with Crippen molar-refractivity contribution in [3.05, 3.63) is 0 Å². The van der Waals surface area contributed by atoms with Gasteiger partial charge in [0.2, 0.25) is 0 Å². The third kappa shape index (κ3) is 7.57. The highest BCUT2D eigenvalue weighted by Gasteiger charge is 2.13. The van der Waals surface area contributed by atoms with Crippen molar-refractivity contribution in [2.24, 2.45) is 5.92 Å². The molecule has 6 heteroatoms. The largest absolute Gasteiger partial charge is 0.481 e. The zero-order chi connectivity index (χ0) is 13.3. The van der Waals surface area contributed by atoms with Crippen molar-refractivity contribution >= 4 is 12.0 Å². The number of nitrogens with zero attached hydrogens (tertiary/aromatic N) is 1. The molecule has 0 rings (SSSR count). The molecule has 6 nitrogen and oxygen atoms in total. The Balaban J connectivity index is 3.92. The highest BCUT2D eigenvalue weighted by molar-refractivity contribution is 5.74. The number of urea groups is 1. The van der Waals surface area contributed by atoms with Crippen LogP contribution in [0.4, 0.5) is 4.79 Å². The lowest BCUT2D eigenvalue weighted by Gasteiger charge is -2.22. The van der Waals surface area contributed by atoms with E-state index in [1.807, 2.05) is 6.92 Å². The average Bonchev–Trinajstić information content (AvgIpc) is 2.26. The predicted molar refractivity (Wildman–Crippen MR) is 63.8 cm³/mol. The lowest BCUT2D eigenvalue weighted by Crippen LogP contribution is -2.42. The first-order valence-corrected chi connectivity index (χ1v) is 5.86. The van der Waals surface area contributed by atoms with Crippen LogP contribution in [0.2, 0.25) is 0 Å². The van der Waals surface area contributed by atoms with Crippen LogP contribution < -0.4 is 5.32 Å². The Morgan fingerprint density at radius 1 is 1.41 bits per heavy atom. The van der Waals surface area contributed by atoms with Gasteiger partial charge in [0.25, 0.3) is 0 Å². The molecule has 1 atom stereocenters. The van der Waals surface area contributed by atoms with E-state index in [1.165, 1.54) is 0 Å². The van der Waals surface area contributed by atoms with Gasteiger partial charge in [-0.1, -0.05) is 6.92 Å². The fraction of sp³-hybridized carbons (Fsp3) is 0.818. The predicted octanol–water partition coefficient (Wildman–Crippen LogP) is 0.511. The van der Waals surface area contributed by atoms with Crippen molar-refractivity contribution in [3.63, 3.8) is 0 Å². The summed E-state index contributed by atoms with van der Waals surface area (Å²) >= 11 is 0. The molecule has 0 aliphatic heterocycles. The summed E-state index contributed by atoms with van der Waals surface area (Å²) in [6.07, 6.45) is 0.592. The van der Waals surface area contributed by atoms with Gasteiger partial charge in [0.05, 0.1) is 0 Å². The third-order valence-electron chi connectivity index (χ3n) is 2.38. The highest BCUT2D eigenvalue weighted by Crippen LogP contribution is 2.00. The van der Waals surface area contributed by atoms with Crippen molar-refractivity contribution in [2.45, 2.75) is 26.7 Å². The maximum absolute atomic E-state index is 11.7. The SMILES string of the molecule is CCN(CCCO)C(=O)NCC(C)CC(=O)O. The molecule has 0 aliphatic rings. The molecule has 0 saturated carbocycles. The van der Waals surface area contributed by atoms with Crippen molar-refractivity contribution in [1.29, 1.82) is 0 Å². The number of aliphatic hydroxyl groups excluding tert-OH is 1. The number of carboxylic acids is 1. The number of aliphatic hydroxyl groups is 1. The van der Waals surface area contributed by atoms with Crippen molar-refractivity contribution in [1.82, 2.24) is 10.2 Å². The fourth-order valence-corrected chi connectivity index (χ4v) is 1.41. The smallest absolute Gasteiger partial charge is 0.317 e. The Kier molecular flexibility index (Phi) is 8.13. The van der Waals surface area contributed by atoms with Gasteiger partial charge in [0.15, 0.2) is 0 Å². The number of hydrogen-bond acceptors (Lipinski definition) is 3. The standard InChI is InChI=1S/C11H22N2O4/c1-3-13(5-4-6-14)11(17)12-8-9(2)7-10(15)16/h9,14H,3-8H2,1-2H3,(H,12,17)(H,15,16). The number of hydrogen-bond donors (Lipinski definition) is 3. The minimum atomic E-state index is -0.862. The van der Waals surface area contributed by atoms with Gasteiger partial charge in [-0.2, -0.15) is 0 Å². The molecule has 0 spiro atoms. The normalized spacial score (nSPS) is 11.9. The summed E-state index contributed by atoms with van der Waals surface area (Å²) in [6, 6.07) is -0.210. The Morgan fingerprint density at radius 2 is 2.06 bits per heavy atom. The van der Waals surface area contributed by atoms with Crippen LogP contribution in [0, 0.1) is 5.92 Å². The number of carboxylic acid groups (broad SMARTS) is 1. The topological polar surface area (TPSA) is 89.9 Å². The van der Waals surface area contributed by atoms with Gasteiger partial charge in [0.1, 0.15) is 0 Å². The van der Waals surface area contributed by atoms with Crippen LogP contribution in [0.3, 0.4) is 0 Å². The minimum Gasteiger partial charge on any atom is -0.481 e. The molecule has 0 heterocycles. The van der Waals surface area contributed by atoms with Gasteiger partial charge >= 0.3 is 12.0 Å². The summed E-state index contributed by atoms with van der Waals surface area (Å²) in [5.41, 5.74) is 0. The van der Waals surface area contributed by atoms with E-state index in [-0.39, 0.29) is 25.0 Å². The molecular weight excluding hydrogens is 224 g/mol. The number of carbonyl (C=O) groups excluding carboxylic acids is 1. The number of aliphatic carboxylic acids is 1. The van der Waals surface area contributed by atoms with Crippen molar-refractivity contribution in [3.8, 4) is 0 Å². The Hall–Kier alpha value is -1.30. The second-order valence-corrected chi connectivity index (χ2v) is 4.05. The zero-order valence-corrected chi connectivity index (χ0v) is 10.5.